The van der Waals surface area contributed by atoms with Gasteiger partial charge in [0.25, 0.3) is 5.91 Å². The maximum atomic E-state index is 13.1. The van der Waals surface area contributed by atoms with Crippen LogP contribution in [0.2, 0.25) is 0 Å². The average Bonchev–Trinajstić information content (AvgIpc) is 3.26. The minimum atomic E-state index is -0.327. The third-order valence-electron chi connectivity index (χ3n) is 5.04. The van der Waals surface area contributed by atoms with E-state index in [1.165, 1.54) is 4.88 Å². The van der Waals surface area contributed by atoms with E-state index in [1.807, 2.05) is 43.3 Å². The van der Waals surface area contributed by atoms with Crippen LogP contribution in [0.4, 0.5) is 0 Å². The zero-order valence-corrected chi connectivity index (χ0v) is 19.5. The maximum absolute atomic E-state index is 13.1. The molecule has 4 aromatic rings. The van der Waals surface area contributed by atoms with Crippen LogP contribution in [0.5, 0.6) is 17.2 Å². The number of para-hydroxylation sites is 1. The first-order chi connectivity index (χ1) is 16.0. The van der Waals surface area contributed by atoms with Crippen LogP contribution in [0.3, 0.4) is 0 Å². The average molecular weight is 462 g/mol. The van der Waals surface area contributed by atoms with Gasteiger partial charge in [0, 0.05) is 20.7 Å². The van der Waals surface area contributed by atoms with E-state index in [9.17, 15) is 4.79 Å². The lowest BCUT2D eigenvalue weighted by Crippen LogP contribution is -2.18. The Bertz CT molecular complexity index is 1320. The van der Waals surface area contributed by atoms with Gasteiger partial charge in [-0.2, -0.15) is 5.10 Å². The van der Waals surface area contributed by atoms with Gasteiger partial charge in [-0.05, 0) is 43.3 Å². The van der Waals surface area contributed by atoms with Gasteiger partial charge in [-0.1, -0.05) is 18.2 Å². The fraction of sp³-hybridized carbons (Fsp3) is 0.160. The molecule has 0 atom stereocenters. The number of hydrazone groups is 1. The molecule has 33 heavy (non-hydrogen) atoms. The lowest BCUT2D eigenvalue weighted by molar-refractivity contribution is 0.0956. The molecule has 168 valence electrons. The fourth-order valence-electron chi connectivity index (χ4n) is 3.48. The number of carbonyl (C=O) groups is 1. The Labute approximate surface area is 195 Å². The number of nitrogens with one attached hydrogen (secondary N) is 1. The number of carbonyl (C=O) groups excluding carboxylic acids is 1. The highest BCUT2D eigenvalue weighted by molar-refractivity contribution is 7.13. The lowest BCUT2D eigenvalue weighted by atomic mass is 10.0. The highest BCUT2D eigenvalue weighted by Gasteiger charge is 2.18. The Balaban J connectivity index is 1.76. The summed E-state index contributed by atoms with van der Waals surface area (Å²) in [6, 6.07) is 16.8. The molecular formula is C25H23N3O4S. The summed E-state index contributed by atoms with van der Waals surface area (Å²) < 4.78 is 16.4. The second kappa shape index (κ2) is 9.70. The number of methoxy groups -OCH3 is 3. The summed E-state index contributed by atoms with van der Waals surface area (Å²) in [5.41, 5.74) is 5.10. The topological polar surface area (TPSA) is 82.0 Å². The molecule has 0 radical (unpaired) electrons. The van der Waals surface area contributed by atoms with E-state index in [4.69, 9.17) is 19.2 Å². The number of pyridine rings is 1. The first-order valence-electron chi connectivity index (χ1n) is 10.1. The number of aromatic nitrogens is 1. The Hall–Kier alpha value is -3.91. The Morgan fingerprint density at radius 1 is 1.00 bits per heavy atom. The van der Waals surface area contributed by atoms with Crippen LogP contribution in [-0.2, 0) is 0 Å². The first-order valence-corrected chi connectivity index (χ1v) is 11.0. The maximum Gasteiger partial charge on any atom is 0.272 e. The van der Waals surface area contributed by atoms with Crippen molar-refractivity contribution < 1.29 is 19.0 Å². The number of amides is 1. The van der Waals surface area contributed by atoms with Crippen molar-refractivity contribution in [3.05, 3.63) is 69.9 Å². The van der Waals surface area contributed by atoms with Crippen LogP contribution >= 0.6 is 11.3 Å². The van der Waals surface area contributed by atoms with Gasteiger partial charge in [-0.3, -0.25) is 4.79 Å². The minimum absolute atomic E-state index is 0.327. The van der Waals surface area contributed by atoms with Gasteiger partial charge in [0.15, 0.2) is 11.5 Å². The summed E-state index contributed by atoms with van der Waals surface area (Å²) in [5.74, 6) is 1.17. The number of hydrogen-bond donors (Lipinski definition) is 1. The van der Waals surface area contributed by atoms with Gasteiger partial charge in [-0.25, -0.2) is 10.4 Å². The van der Waals surface area contributed by atoms with Crippen LogP contribution in [0.25, 0.3) is 22.2 Å². The van der Waals surface area contributed by atoms with Crippen LogP contribution in [0.15, 0.2) is 59.7 Å². The molecule has 0 unspecified atom stereocenters. The Morgan fingerprint density at radius 2 is 1.73 bits per heavy atom. The second-order valence-electron chi connectivity index (χ2n) is 7.13. The molecule has 8 heteroatoms. The SMILES string of the molecule is COc1cc(-c2cc(C(=O)N/N=C\c3ccc(C)s3)c3ccccc3n2)cc(OC)c1OC. The summed E-state index contributed by atoms with van der Waals surface area (Å²) in [4.78, 5) is 20.0. The van der Waals surface area contributed by atoms with Crippen molar-refractivity contribution in [2.75, 3.05) is 21.3 Å². The van der Waals surface area contributed by atoms with Gasteiger partial charge in [0.05, 0.1) is 44.3 Å². The molecule has 2 heterocycles. The largest absolute Gasteiger partial charge is 0.493 e. The molecule has 0 saturated carbocycles. The quantitative estimate of drug-likeness (QED) is 0.307. The normalized spacial score (nSPS) is 11.0. The standard InChI is InChI=1S/C25H23N3O4S/c1-15-9-10-17(33-15)14-26-28-25(29)19-13-21(27-20-8-6-5-7-18(19)20)16-11-22(30-2)24(32-4)23(12-16)31-3/h5-14H,1-4H3,(H,28,29)/b26-14-. The zero-order chi connectivity index (χ0) is 23.4. The minimum Gasteiger partial charge on any atom is -0.493 e. The number of nitrogens with zero attached hydrogens (tertiary/aromatic N) is 2. The number of aryl methyl sites for hydroxylation is 1. The van der Waals surface area contributed by atoms with E-state index >= 15 is 0 Å². The zero-order valence-electron chi connectivity index (χ0n) is 18.7. The third kappa shape index (κ3) is 4.65. The van der Waals surface area contributed by atoms with Crippen LogP contribution < -0.4 is 19.6 Å². The number of thiophene rings is 1. The second-order valence-corrected chi connectivity index (χ2v) is 8.45. The van der Waals surface area contributed by atoms with E-state index in [0.29, 0.717) is 34.0 Å². The molecule has 0 aliphatic carbocycles. The lowest BCUT2D eigenvalue weighted by Gasteiger charge is -2.15. The summed E-state index contributed by atoms with van der Waals surface area (Å²) in [6.07, 6.45) is 1.64. The first kappa shape index (κ1) is 22.3. The van der Waals surface area contributed by atoms with E-state index in [0.717, 1.165) is 15.8 Å². The Kier molecular flexibility index (Phi) is 6.55. The van der Waals surface area contributed by atoms with Crippen molar-refractivity contribution in [1.82, 2.24) is 10.4 Å². The smallest absolute Gasteiger partial charge is 0.272 e. The van der Waals surface area contributed by atoms with Gasteiger partial charge < -0.3 is 14.2 Å². The molecule has 7 nitrogen and oxygen atoms in total. The number of benzene rings is 2. The number of ether oxygens (including phenoxy) is 3. The molecule has 0 saturated heterocycles. The molecular weight excluding hydrogens is 438 g/mol. The summed E-state index contributed by atoms with van der Waals surface area (Å²) in [6.45, 7) is 2.02. The predicted molar refractivity (Wildman–Crippen MR) is 131 cm³/mol. The highest BCUT2D eigenvalue weighted by atomic mass is 32.1. The summed E-state index contributed by atoms with van der Waals surface area (Å²) in [7, 11) is 4.66. The van der Waals surface area contributed by atoms with Crippen LogP contribution in [0.1, 0.15) is 20.1 Å². The molecule has 1 amide bonds. The fourth-order valence-corrected chi connectivity index (χ4v) is 4.23. The number of fused-ring (bicyclic) bond motifs is 1. The third-order valence-corrected chi connectivity index (χ3v) is 5.98. The molecule has 2 aromatic heterocycles. The van der Waals surface area contributed by atoms with Crippen molar-refractivity contribution in [3.8, 4) is 28.5 Å². The van der Waals surface area contributed by atoms with E-state index in [-0.39, 0.29) is 5.91 Å². The van der Waals surface area contributed by atoms with Crippen LogP contribution in [-0.4, -0.2) is 38.4 Å². The molecule has 1 N–H and O–H groups in total. The monoisotopic (exact) mass is 461 g/mol. The van der Waals surface area contributed by atoms with Gasteiger partial charge in [0.1, 0.15) is 0 Å². The predicted octanol–water partition coefficient (Wildman–Crippen LogP) is 5.06. The van der Waals surface area contributed by atoms with Crippen molar-refractivity contribution in [3.63, 3.8) is 0 Å². The molecule has 0 aliphatic rings. The summed E-state index contributed by atoms with van der Waals surface area (Å²) >= 11 is 1.60. The number of hydrogen-bond acceptors (Lipinski definition) is 7. The van der Waals surface area contributed by atoms with Gasteiger partial charge in [-0.15, -0.1) is 11.3 Å². The molecule has 0 fully saturated rings. The van der Waals surface area contributed by atoms with Gasteiger partial charge >= 0.3 is 0 Å². The van der Waals surface area contributed by atoms with Crippen LogP contribution in [0, 0.1) is 6.92 Å². The summed E-state index contributed by atoms with van der Waals surface area (Å²) in [5, 5.41) is 4.86. The molecule has 4 rings (SSSR count). The van der Waals surface area contributed by atoms with E-state index < -0.39 is 0 Å². The molecule has 0 bridgehead atoms. The van der Waals surface area contributed by atoms with Crippen molar-refractivity contribution in [1.29, 1.82) is 0 Å². The molecule has 2 aromatic carbocycles. The molecule has 0 spiro atoms. The highest BCUT2D eigenvalue weighted by Crippen LogP contribution is 2.41. The van der Waals surface area contributed by atoms with Crippen molar-refractivity contribution in [2.45, 2.75) is 6.92 Å². The number of rotatable bonds is 7. The Morgan fingerprint density at radius 3 is 2.36 bits per heavy atom. The van der Waals surface area contributed by atoms with E-state index in [2.05, 4.69) is 10.5 Å². The van der Waals surface area contributed by atoms with Crippen molar-refractivity contribution >= 4 is 34.4 Å². The van der Waals surface area contributed by atoms with E-state index in [1.54, 1.807) is 57.1 Å². The van der Waals surface area contributed by atoms with Gasteiger partial charge in [0.2, 0.25) is 5.75 Å². The molecule has 0 aliphatic heterocycles. The van der Waals surface area contributed by atoms with Crippen molar-refractivity contribution in [2.24, 2.45) is 5.10 Å².